The van der Waals surface area contributed by atoms with Crippen molar-refractivity contribution >= 4 is 29.1 Å². The van der Waals surface area contributed by atoms with Gasteiger partial charge in [0.2, 0.25) is 0 Å². The summed E-state index contributed by atoms with van der Waals surface area (Å²) in [6.07, 6.45) is 0. The van der Waals surface area contributed by atoms with Gasteiger partial charge in [-0.15, -0.1) is 0 Å². The van der Waals surface area contributed by atoms with Crippen molar-refractivity contribution in [1.82, 2.24) is 8.75 Å². The molecule has 1 saturated heterocycles. The van der Waals surface area contributed by atoms with E-state index in [1.165, 1.54) is 0 Å². The fraction of sp³-hybridized carbons (Fsp3) is 0.714. The van der Waals surface area contributed by atoms with E-state index < -0.39 is 0 Å². The second kappa shape index (κ2) is 3.77. The highest BCUT2D eigenvalue weighted by molar-refractivity contribution is 6.99. The van der Waals surface area contributed by atoms with E-state index in [9.17, 15) is 0 Å². The molecule has 0 N–H and O–H groups in total. The summed E-state index contributed by atoms with van der Waals surface area (Å²) < 4.78 is 13.4. The van der Waals surface area contributed by atoms with Gasteiger partial charge in [-0.25, -0.2) is 0 Å². The van der Waals surface area contributed by atoms with Gasteiger partial charge in [0.1, 0.15) is 0 Å². The molecule has 0 radical (unpaired) electrons. The number of hydrogen-bond donors (Lipinski definition) is 0. The van der Waals surface area contributed by atoms with Crippen molar-refractivity contribution in [3.8, 4) is 0 Å². The van der Waals surface area contributed by atoms with E-state index in [4.69, 9.17) is 16.3 Å². The van der Waals surface area contributed by atoms with Crippen molar-refractivity contribution in [3.05, 3.63) is 5.15 Å². The largest absolute Gasteiger partial charge is 0.377 e. The zero-order valence-electron chi connectivity index (χ0n) is 7.23. The van der Waals surface area contributed by atoms with Crippen LogP contribution in [0.4, 0.5) is 5.82 Å². The van der Waals surface area contributed by atoms with Gasteiger partial charge in [0.15, 0.2) is 11.0 Å². The van der Waals surface area contributed by atoms with E-state index in [0.29, 0.717) is 11.2 Å². The maximum absolute atomic E-state index is 5.89. The van der Waals surface area contributed by atoms with Crippen molar-refractivity contribution in [2.45, 2.75) is 13.0 Å². The van der Waals surface area contributed by atoms with Crippen molar-refractivity contribution in [2.75, 3.05) is 24.7 Å². The van der Waals surface area contributed by atoms with Gasteiger partial charge in [-0.05, 0) is 6.92 Å². The first-order valence-electron chi connectivity index (χ1n) is 4.11. The average Bonchev–Trinajstić information content (AvgIpc) is 2.52. The summed E-state index contributed by atoms with van der Waals surface area (Å²) in [6.45, 7) is 4.40. The lowest BCUT2D eigenvalue weighted by Gasteiger charge is -2.33. The van der Waals surface area contributed by atoms with Crippen LogP contribution < -0.4 is 4.90 Å². The monoisotopic (exact) mass is 219 g/mol. The molecule has 4 nitrogen and oxygen atoms in total. The Morgan fingerprint density at radius 2 is 2.46 bits per heavy atom. The lowest BCUT2D eigenvalue weighted by molar-refractivity contribution is 0.0986. The van der Waals surface area contributed by atoms with Crippen LogP contribution in [0.15, 0.2) is 0 Å². The van der Waals surface area contributed by atoms with Gasteiger partial charge in [0.25, 0.3) is 0 Å². The van der Waals surface area contributed by atoms with Crippen molar-refractivity contribution in [3.63, 3.8) is 0 Å². The summed E-state index contributed by atoms with van der Waals surface area (Å²) in [4.78, 5) is 2.13. The molecule has 13 heavy (non-hydrogen) atoms. The Labute approximate surface area is 85.8 Å². The van der Waals surface area contributed by atoms with Crippen LogP contribution in [-0.2, 0) is 4.74 Å². The Balaban J connectivity index is 2.19. The van der Waals surface area contributed by atoms with Gasteiger partial charge in [0.05, 0.1) is 31.0 Å². The van der Waals surface area contributed by atoms with Crippen LogP contribution in [0.1, 0.15) is 6.92 Å². The number of morpholine rings is 1. The third-order valence-electron chi connectivity index (χ3n) is 2.07. The number of nitrogens with zero attached hydrogens (tertiary/aromatic N) is 3. The number of aromatic nitrogens is 2. The highest BCUT2D eigenvalue weighted by Gasteiger charge is 2.23. The van der Waals surface area contributed by atoms with Crippen LogP contribution in [0, 0.1) is 0 Å². The summed E-state index contributed by atoms with van der Waals surface area (Å²) >= 11 is 7.04. The Bertz CT molecular complexity index is 293. The van der Waals surface area contributed by atoms with Crippen LogP contribution in [0.2, 0.25) is 5.15 Å². The number of rotatable bonds is 1. The number of hydrogen-bond acceptors (Lipinski definition) is 5. The number of anilines is 1. The minimum atomic E-state index is 0.329. The molecule has 1 fully saturated rings. The zero-order chi connectivity index (χ0) is 9.26. The van der Waals surface area contributed by atoms with Crippen LogP contribution in [-0.4, -0.2) is 34.5 Å². The van der Waals surface area contributed by atoms with Crippen LogP contribution in [0.3, 0.4) is 0 Å². The summed E-state index contributed by atoms with van der Waals surface area (Å²) in [7, 11) is 0. The molecule has 0 amide bonds. The lowest BCUT2D eigenvalue weighted by Crippen LogP contribution is -2.44. The fourth-order valence-corrected chi connectivity index (χ4v) is 2.14. The topological polar surface area (TPSA) is 38.2 Å². The van der Waals surface area contributed by atoms with Crippen LogP contribution in [0.5, 0.6) is 0 Å². The number of ether oxygens (including phenoxy) is 1. The minimum Gasteiger partial charge on any atom is -0.377 e. The maximum Gasteiger partial charge on any atom is 0.187 e. The molecule has 72 valence electrons. The van der Waals surface area contributed by atoms with Gasteiger partial charge in [0, 0.05) is 6.54 Å². The highest BCUT2D eigenvalue weighted by Crippen LogP contribution is 2.25. The molecule has 2 rings (SSSR count). The normalized spacial score (nSPS) is 23.5. The molecule has 1 aromatic rings. The molecule has 6 heteroatoms. The van der Waals surface area contributed by atoms with Gasteiger partial charge in [-0.1, -0.05) is 11.6 Å². The molecule has 0 aliphatic carbocycles. The van der Waals surface area contributed by atoms with Crippen LogP contribution >= 0.6 is 23.3 Å². The SMILES string of the molecule is CC1COCCN1c1nsnc1Cl. The molecule has 0 aromatic carbocycles. The molecule has 1 atom stereocenters. The first-order valence-corrected chi connectivity index (χ1v) is 5.22. The molecular weight excluding hydrogens is 210 g/mol. The van der Waals surface area contributed by atoms with Gasteiger partial charge < -0.3 is 9.64 Å². The zero-order valence-corrected chi connectivity index (χ0v) is 8.81. The van der Waals surface area contributed by atoms with Crippen LogP contribution in [0.25, 0.3) is 0 Å². The highest BCUT2D eigenvalue weighted by atomic mass is 35.5. The van der Waals surface area contributed by atoms with Crippen molar-refractivity contribution in [1.29, 1.82) is 0 Å². The standard InChI is InChI=1S/C7H10ClN3OS/c1-5-4-12-3-2-11(5)7-6(8)9-13-10-7/h5H,2-4H2,1H3. The van der Waals surface area contributed by atoms with E-state index in [1.54, 1.807) is 0 Å². The molecule has 0 bridgehead atoms. The Morgan fingerprint density at radius 1 is 1.62 bits per heavy atom. The molecule has 0 saturated carbocycles. The predicted molar refractivity (Wildman–Crippen MR) is 52.5 cm³/mol. The van der Waals surface area contributed by atoms with Crippen molar-refractivity contribution in [2.24, 2.45) is 0 Å². The second-order valence-corrected chi connectivity index (χ2v) is 3.88. The second-order valence-electron chi connectivity index (χ2n) is 3.00. The predicted octanol–water partition coefficient (Wildman–Crippen LogP) is 1.42. The Morgan fingerprint density at radius 3 is 3.08 bits per heavy atom. The Kier molecular flexibility index (Phi) is 2.66. The average molecular weight is 220 g/mol. The van der Waals surface area contributed by atoms with Crippen molar-refractivity contribution < 1.29 is 4.74 Å². The number of halogens is 1. The first-order chi connectivity index (χ1) is 6.29. The molecular formula is C7H10ClN3OS. The summed E-state index contributed by atoms with van der Waals surface area (Å²) in [5.41, 5.74) is 0. The summed E-state index contributed by atoms with van der Waals surface area (Å²) in [5.74, 6) is 0.794. The molecule has 1 aromatic heterocycles. The van der Waals surface area contributed by atoms with E-state index in [0.717, 1.165) is 37.3 Å². The first kappa shape index (κ1) is 9.18. The lowest BCUT2D eigenvalue weighted by atomic mass is 10.2. The maximum atomic E-state index is 5.89. The van der Waals surface area contributed by atoms with E-state index in [2.05, 4.69) is 20.6 Å². The van der Waals surface area contributed by atoms with Gasteiger partial charge >= 0.3 is 0 Å². The van der Waals surface area contributed by atoms with Gasteiger partial charge in [-0.2, -0.15) is 8.75 Å². The van der Waals surface area contributed by atoms with E-state index >= 15 is 0 Å². The molecule has 1 aliphatic rings. The van der Waals surface area contributed by atoms with E-state index in [1.807, 2.05) is 0 Å². The molecule has 1 aliphatic heterocycles. The third-order valence-corrected chi connectivity index (χ3v) is 2.95. The smallest absolute Gasteiger partial charge is 0.187 e. The quantitative estimate of drug-likeness (QED) is 0.716. The van der Waals surface area contributed by atoms with E-state index in [-0.39, 0.29) is 0 Å². The molecule has 1 unspecified atom stereocenters. The Hall–Kier alpha value is -0.390. The van der Waals surface area contributed by atoms with Gasteiger partial charge in [-0.3, -0.25) is 0 Å². The summed E-state index contributed by atoms with van der Waals surface area (Å²) in [5, 5.41) is 0.499. The molecule has 0 spiro atoms. The fourth-order valence-electron chi connectivity index (χ4n) is 1.39. The third kappa shape index (κ3) is 1.77. The molecule has 2 heterocycles. The summed E-state index contributed by atoms with van der Waals surface area (Å²) in [6, 6.07) is 0.329. The minimum absolute atomic E-state index is 0.329.